The molecule has 6 nitrogen and oxygen atoms in total. The third-order valence-electron chi connectivity index (χ3n) is 2.60. The summed E-state index contributed by atoms with van der Waals surface area (Å²) in [5.41, 5.74) is 6.00. The predicted octanol–water partition coefficient (Wildman–Crippen LogP) is 0.295. The number of rotatable bonds is 2. The Balaban J connectivity index is 2.27. The summed E-state index contributed by atoms with van der Waals surface area (Å²) in [6.45, 7) is 0.101. The summed E-state index contributed by atoms with van der Waals surface area (Å²) in [5, 5.41) is 9.50. The molecule has 0 bridgehead atoms. The van der Waals surface area contributed by atoms with Crippen molar-refractivity contribution >= 4 is 23.5 Å². The van der Waals surface area contributed by atoms with Gasteiger partial charge in [0.2, 0.25) is 5.91 Å². The first-order chi connectivity index (χ1) is 8.09. The molecule has 1 aromatic carbocycles. The number of hydrogen-bond acceptors (Lipinski definition) is 3. The second-order valence-electron chi connectivity index (χ2n) is 3.75. The maximum atomic E-state index is 11.7. The number of para-hydroxylation sites is 1. The lowest BCUT2D eigenvalue weighted by atomic mass is 10.0. The number of imide groups is 1. The molecule has 1 heterocycles. The molecule has 1 aromatic rings. The van der Waals surface area contributed by atoms with Crippen molar-refractivity contribution in [2.45, 2.75) is 0 Å². The summed E-state index contributed by atoms with van der Waals surface area (Å²) in [6.07, 6.45) is 0. The standard InChI is InChI=1S/C11H12N4O2/c12-9(13)8-6-15(11(17)14-10(8)16)7-4-2-1-3-5-7/h1-5,8H,6H2,(H3,12,13)(H,14,16,17). The Morgan fingerprint density at radius 2 is 2.00 bits per heavy atom. The Hall–Kier alpha value is -2.37. The van der Waals surface area contributed by atoms with Gasteiger partial charge in [0.15, 0.2) is 0 Å². The molecule has 0 aliphatic carbocycles. The SMILES string of the molecule is N=C(N)C1CN(c2ccccc2)C(=O)NC1=O. The van der Waals surface area contributed by atoms with Gasteiger partial charge in [0, 0.05) is 12.2 Å². The van der Waals surface area contributed by atoms with Gasteiger partial charge in [0.25, 0.3) is 0 Å². The highest BCUT2D eigenvalue weighted by molar-refractivity contribution is 6.13. The van der Waals surface area contributed by atoms with Gasteiger partial charge in [-0.1, -0.05) is 18.2 Å². The van der Waals surface area contributed by atoms with E-state index in [9.17, 15) is 9.59 Å². The molecule has 2 rings (SSSR count). The van der Waals surface area contributed by atoms with Gasteiger partial charge in [0.05, 0.1) is 0 Å². The molecule has 1 unspecified atom stereocenters. The van der Waals surface area contributed by atoms with E-state index >= 15 is 0 Å². The van der Waals surface area contributed by atoms with E-state index in [2.05, 4.69) is 5.32 Å². The van der Waals surface area contributed by atoms with Crippen molar-refractivity contribution in [1.29, 1.82) is 5.41 Å². The molecule has 0 saturated carbocycles. The van der Waals surface area contributed by atoms with Crippen molar-refractivity contribution in [1.82, 2.24) is 5.32 Å². The van der Waals surface area contributed by atoms with Crippen LogP contribution >= 0.6 is 0 Å². The second-order valence-corrected chi connectivity index (χ2v) is 3.75. The third-order valence-corrected chi connectivity index (χ3v) is 2.60. The topological polar surface area (TPSA) is 99.3 Å². The summed E-state index contributed by atoms with van der Waals surface area (Å²) in [7, 11) is 0. The number of amides is 3. The monoisotopic (exact) mass is 232 g/mol. The van der Waals surface area contributed by atoms with Crippen LogP contribution in [0.3, 0.4) is 0 Å². The van der Waals surface area contributed by atoms with Crippen LogP contribution in [0.5, 0.6) is 0 Å². The highest BCUT2D eigenvalue weighted by Gasteiger charge is 2.34. The molecule has 1 aliphatic heterocycles. The molecule has 0 aromatic heterocycles. The normalized spacial score (nSPS) is 20.0. The zero-order chi connectivity index (χ0) is 12.4. The highest BCUT2D eigenvalue weighted by Crippen LogP contribution is 2.18. The van der Waals surface area contributed by atoms with E-state index in [4.69, 9.17) is 11.1 Å². The summed E-state index contributed by atoms with van der Waals surface area (Å²) in [4.78, 5) is 24.5. The van der Waals surface area contributed by atoms with Crippen LogP contribution in [0, 0.1) is 11.3 Å². The maximum absolute atomic E-state index is 11.7. The molecule has 1 saturated heterocycles. The van der Waals surface area contributed by atoms with Crippen molar-refractivity contribution < 1.29 is 9.59 Å². The van der Waals surface area contributed by atoms with Crippen molar-refractivity contribution in [2.24, 2.45) is 11.7 Å². The zero-order valence-corrected chi connectivity index (χ0v) is 9.01. The molecule has 1 fully saturated rings. The first-order valence-corrected chi connectivity index (χ1v) is 5.11. The van der Waals surface area contributed by atoms with E-state index in [0.717, 1.165) is 0 Å². The van der Waals surface area contributed by atoms with Crippen molar-refractivity contribution in [2.75, 3.05) is 11.4 Å². The molecule has 88 valence electrons. The van der Waals surface area contributed by atoms with Gasteiger partial charge < -0.3 is 5.73 Å². The van der Waals surface area contributed by atoms with Crippen LogP contribution in [-0.2, 0) is 4.79 Å². The molecule has 17 heavy (non-hydrogen) atoms. The van der Waals surface area contributed by atoms with Crippen LogP contribution in [0.4, 0.5) is 10.5 Å². The summed E-state index contributed by atoms with van der Waals surface area (Å²) >= 11 is 0. The highest BCUT2D eigenvalue weighted by atomic mass is 16.2. The van der Waals surface area contributed by atoms with E-state index < -0.39 is 17.9 Å². The Labute approximate surface area is 97.9 Å². The van der Waals surface area contributed by atoms with Gasteiger partial charge >= 0.3 is 6.03 Å². The maximum Gasteiger partial charge on any atom is 0.328 e. The number of amidine groups is 1. The lowest BCUT2D eigenvalue weighted by molar-refractivity contribution is -0.122. The molecule has 3 amide bonds. The van der Waals surface area contributed by atoms with Crippen LogP contribution in [0.1, 0.15) is 0 Å². The van der Waals surface area contributed by atoms with Gasteiger partial charge in [-0.25, -0.2) is 4.79 Å². The zero-order valence-electron chi connectivity index (χ0n) is 9.01. The Kier molecular flexibility index (Phi) is 2.78. The van der Waals surface area contributed by atoms with Crippen LogP contribution < -0.4 is 16.0 Å². The number of urea groups is 1. The second kappa shape index (κ2) is 4.25. The number of hydrogen-bond donors (Lipinski definition) is 3. The molecule has 6 heteroatoms. The molecule has 0 spiro atoms. The Morgan fingerprint density at radius 3 is 2.59 bits per heavy atom. The number of anilines is 1. The molecular weight excluding hydrogens is 220 g/mol. The van der Waals surface area contributed by atoms with E-state index in [1.54, 1.807) is 24.3 Å². The quantitative estimate of drug-likeness (QED) is 0.505. The van der Waals surface area contributed by atoms with Crippen LogP contribution in [-0.4, -0.2) is 24.3 Å². The van der Waals surface area contributed by atoms with Crippen LogP contribution in [0.2, 0.25) is 0 Å². The predicted molar refractivity (Wildman–Crippen MR) is 62.7 cm³/mol. The summed E-state index contributed by atoms with van der Waals surface area (Å²) in [6, 6.07) is 8.44. The molecular formula is C11H12N4O2. The fourth-order valence-electron chi connectivity index (χ4n) is 1.68. The average molecular weight is 232 g/mol. The van der Waals surface area contributed by atoms with Gasteiger partial charge in [-0.05, 0) is 12.1 Å². The van der Waals surface area contributed by atoms with Gasteiger partial charge in [-0.2, -0.15) is 0 Å². The number of carbonyl (C=O) groups is 2. The van der Waals surface area contributed by atoms with Crippen LogP contribution in [0.15, 0.2) is 30.3 Å². The number of benzene rings is 1. The molecule has 1 aliphatic rings. The van der Waals surface area contributed by atoms with Gasteiger partial charge in [-0.3, -0.25) is 20.4 Å². The summed E-state index contributed by atoms with van der Waals surface area (Å²) in [5.74, 6) is -1.54. The first-order valence-electron chi connectivity index (χ1n) is 5.11. The van der Waals surface area contributed by atoms with Gasteiger partial charge in [-0.15, -0.1) is 0 Å². The minimum atomic E-state index is -0.784. The number of carbonyl (C=O) groups excluding carboxylic acids is 2. The lowest BCUT2D eigenvalue weighted by Crippen LogP contribution is -2.57. The summed E-state index contributed by atoms with van der Waals surface area (Å²) < 4.78 is 0. The molecule has 1 atom stereocenters. The lowest BCUT2D eigenvalue weighted by Gasteiger charge is -2.31. The largest absolute Gasteiger partial charge is 0.387 e. The fourth-order valence-corrected chi connectivity index (χ4v) is 1.68. The fraction of sp³-hybridized carbons (Fsp3) is 0.182. The van der Waals surface area contributed by atoms with Crippen molar-refractivity contribution in [3.8, 4) is 0 Å². The van der Waals surface area contributed by atoms with Crippen molar-refractivity contribution in [3.05, 3.63) is 30.3 Å². The minimum Gasteiger partial charge on any atom is -0.387 e. The average Bonchev–Trinajstić information content (AvgIpc) is 2.29. The smallest absolute Gasteiger partial charge is 0.328 e. The third kappa shape index (κ3) is 2.10. The Bertz CT molecular complexity index is 472. The Morgan fingerprint density at radius 1 is 1.35 bits per heavy atom. The molecule has 4 N–H and O–H groups in total. The van der Waals surface area contributed by atoms with Gasteiger partial charge in [0.1, 0.15) is 11.8 Å². The number of nitrogens with two attached hydrogens (primary N) is 1. The van der Waals surface area contributed by atoms with E-state index in [1.165, 1.54) is 4.90 Å². The van der Waals surface area contributed by atoms with E-state index in [0.29, 0.717) is 5.69 Å². The number of nitrogens with zero attached hydrogens (tertiary/aromatic N) is 1. The minimum absolute atomic E-state index is 0.101. The number of nitrogens with one attached hydrogen (secondary N) is 2. The first kappa shape index (κ1) is 11.1. The van der Waals surface area contributed by atoms with E-state index in [1.807, 2.05) is 6.07 Å². The van der Waals surface area contributed by atoms with E-state index in [-0.39, 0.29) is 12.4 Å². The van der Waals surface area contributed by atoms with Crippen LogP contribution in [0.25, 0.3) is 0 Å². The van der Waals surface area contributed by atoms with Crippen molar-refractivity contribution in [3.63, 3.8) is 0 Å². The molecule has 0 radical (unpaired) electrons.